The Balaban J connectivity index is 2.13. The van der Waals surface area contributed by atoms with Crippen molar-refractivity contribution in [3.8, 4) is 11.5 Å². The fourth-order valence-corrected chi connectivity index (χ4v) is 2.50. The largest absolute Gasteiger partial charge is 0.543 e. The third-order valence-corrected chi connectivity index (χ3v) is 4.05. The van der Waals surface area contributed by atoms with Crippen molar-refractivity contribution in [1.82, 2.24) is 0 Å². The van der Waals surface area contributed by atoms with E-state index in [9.17, 15) is 9.59 Å². The molecule has 0 bridgehead atoms. The minimum Gasteiger partial charge on any atom is -0.493 e. The minimum atomic E-state index is -1.07. The van der Waals surface area contributed by atoms with Gasteiger partial charge in [-0.25, -0.2) is 14.5 Å². The second-order valence-electron chi connectivity index (χ2n) is 6.17. The molecule has 0 aliphatic heterocycles. The molecule has 8 nitrogen and oxygen atoms in total. The molecular formula is C20H30O8. The van der Waals surface area contributed by atoms with Crippen LogP contribution in [0.5, 0.6) is 11.5 Å². The van der Waals surface area contributed by atoms with Crippen LogP contribution in [-0.2, 0) is 19.6 Å². The Morgan fingerprint density at radius 1 is 0.821 bits per heavy atom. The molecule has 0 radical (unpaired) electrons. The zero-order valence-corrected chi connectivity index (χ0v) is 16.9. The lowest BCUT2D eigenvalue weighted by Gasteiger charge is -2.08. The van der Waals surface area contributed by atoms with Crippen LogP contribution in [-0.4, -0.2) is 33.0 Å². The van der Waals surface area contributed by atoms with E-state index in [-0.39, 0.29) is 12.2 Å². The molecule has 0 N–H and O–H groups in total. The van der Waals surface area contributed by atoms with Crippen molar-refractivity contribution < 1.29 is 38.6 Å². The molecule has 1 aromatic carbocycles. The van der Waals surface area contributed by atoms with E-state index in [1.165, 1.54) is 64.5 Å². The summed E-state index contributed by atoms with van der Waals surface area (Å²) in [5.74, 6) is -0.0553. The molecule has 158 valence electrons. The van der Waals surface area contributed by atoms with Crippen LogP contribution < -0.4 is 9.47 Å². The van der Waals surface area contributed by atoms with Crippen LogP contribution in [0.25, 0.3) is 0 Å². The molecule has 0 aliphatic rings. The molecule has 0 aliphatic carbocycles. The van der Waals surface area contributed by atoms with Crippen LogP contribution in [0.1, 0.15) is 68.6 Å². The molecule has 0 fully saturated rings. The summed E-state index contributed by atoms with van der Waals surface area (Å²) in [5, 5.41) is 4.18. The zero-order chi connectivity index (χ0) is 20.6. The van der Waals surface area contributed by atoms with Gasteiger partial charge in [-0.15, -0.1) is 0 Å². The normalized spacial score (nSPS) is 10.2. The summed E-state index contributed by atoms with van der Waals surface area (Å²) in [5.41, 5.74) is 0.133. The predicted octanol–water partition coefficient (Wildman–Crippen LogP) is 5.00. The Morgan fingerprint density at radius 3 is 2.11 bits per heavy atom. The summed E-state index contributed by atoms with van der Waals surface area (Å²) in [6.07, 6.45) is 8.01. The maximum Gasteiger partial charge on any atom is 0.543 e. The molecule has 0 unspecified atom stereocenters. The summed E-state index contributed by atoms with van der Waals surface area (Å²) < 4.78 is 15.0. The predicted molar refractivity (Wildman–Crippen MR) is 101 cm³/mol. The quantitative estimate of drug-likeness (QED) is 0.187. The lowest BCUT2D eigenvalue weighted by atomic mass is 10.1. The first-order valence-corrected chi connectivity index (χ1v) is 9.56. The number of rotatable bonds is 14. The highest BCUT2D eigenvalue weighted by Crippen LogP contribution is 2.27. The van der Waals surface area contributed by atoms with Crippen LogP contribution in [0.2, 0.25) is 0 Å². The first-order chi connectivity index (χ1) is 13.6. The number of hydrogen-bond donors (Lipinski definition) is 0. The van der Waals surface area contributed by atoms with Crippen molar-refractivity contribution in [2.24, 2.45) is 0 Å². The Labute approximate surface area is 165 Å². The van der Waals surface area contributed by atoms with E-state index in [4.69, 9.17) is 14.2 Å². The number of hydrogen-bond acceptors (Lipinski definition) is 8. The summed E-state index contributed by atoms with van der Waals surface area (Å²) in [7, 11) is 2.92. The van der Waals surface area contributed by atoms with E-state index in [0.29, 0.717) is 11.5 Å². The molecule has 0 heterocycles. The standard InChI is InChI=1S/C20H30O8/c1-4-5-6-7-8-9-10-11-14-25-20(22)27-28-26-19(21)16-12-13-17(23-2)18(15-16)24-3/h12-13,15H,4-11,14H2,1-3H3. The smallest absolute Gasteiger partial charge is 0.493 e. The van der Waals surface area contributed by atoms with Crippen molar-refractivity contribution in [3.63, 3.8) is 0 Å². The molecule has 1 aromatic rings. The Morgan fingerprint density at radius 2 is 1.46 bits per heavy atom. The fourth-order valence-electron chi connectivity index (χ4n) is 2.50. The number of carbonyl (C=O) groups is 2. The van der Waals surface area contributed by atoms with Gasteiger partial charge in [-0.1, -0.05) is 51.9 Å². The lowest BCUT2D eigenvalue weighted by molar-refractivity contribution is -0.452. The molecule has 0 saturated carbocycles. The zero-order valence-electron chi connectivity index (χ0n) is 16.9. The Bertz CT molecular complexity index is 588. The van der Waals surface area contributed by atoms with Gasteiger partial charge in [0.2, 0.25) is 0 Å². The topological polar surface area (TPSA) is 89.5 Å². The summed E-state index contributed by atoms with van der Waals surface area (Å²) in [4.78, 5) is 31.9. The SMILES string of the molecule is CCCCCCCCCCOC(=O)OOOC(=O)c1ccc(OC)c(OC)c1. The van der Waals surface area contributed by atoms with Crippen molar-refractivity contribution in [1.29, 1.82) is 0 Å². The molecule has 28 heavy (non-hydrogen) atoms. The average molecular weight is 398 g/mol. The van der Waals surface area contributed by atoms with E-state index in [1.54, 1.807) is 0 Å². The summed E-state index contributed by atoms with van der Waals surface area (Å²) >= 11 is 0. The van der Waals surface area contributed by atoms with Crippen molar-refractivity contribution >= 4 is 12.1 Å². The molecule has 8 heteroatoms. The molecule has 0 aromatic heterocycles. The van der Waals surface area contributed by atoms with E-state index in [2.05, 4.69) is 21.7 Å². The number of ether oxygens (including phenoxy) is 3. The van der Waals surface area contributed by atoms with Crippen molar-refractivity contribution in [3.05, 3.63) is 23.8 Å². The number of carbonyl (C=O) groups excluding carboxylic acids is 2. The van der Waals surface area contributed by atoms with Gasteiger partial charge in [0.25, 0.3) is 0 Å². The van der Waals surface area contributed by atoms with E-state index in [1.807, 2.05) is 0 Å². The van der Waals surface area contributed by atoms with Crippen LogP contribution in [0, 0.1) is 0 Å². The van der Waals surface area contributed by atoms with Crippen LogP contribution in [0.4, 0.5) is 4.79 Å². The van der Waals surface area contributed by atoms with Crippen LogP contribution in [0.15, 0.2) is 18.2 Å². The highest BCUT2D eigenvalue weighted by molar-refractivity contribution is 5.89. The minimum absolute atomic E-state index is 0.133. The Kier molecular flexibility index (Phi) is 12.3. The van der Waals surface area contributed by atoms with Gasteiger partial charge in [0.1, 0.15) is 0 Å². The molecule has 0 saturated heterocycles. The van der Waals surface area contributed by atoms with Gasteiger partial charge in [0, 0.05) is 0 Å². The molecule has 0 spiro atoms. The third kappa shape index (κ3) is 9.45. The maximum absolute atomic E-state index is 11.8. The maximum atomic E-state index is 11.8. The lowest BCUT2D eigenvalue weighted by Crippen LogP contribution is -2.12. The van der Waals surface area contributed by atoms with E-state index in [0.717, 1.165) is 19.3 Å². The second-order valence-corrected chi connectivity index (χ2v) is 6.17. The van der Waals surface area contributed by atoms with Crippen LogP contribution >= 0.6 is 0 Å². The van der Waals surface area contributed by atoms with Gasteiger partial charge < -0.3 is 14.2 Å². The number of unbranched alkanes of at least 4 members (excludes halogenated alkanes) is 7. The molecule has 1 rings (SSSR count). The fraction of sp³-hybridized carbons (Fsp3) is 0.600. The second kappa shape index (κ2) is 14.6. The van der Waals surface area contributed by atoms with Gasteiger partial charge in [-0.2, -0.15) is 0 Å². The van der Waals surface area contributed by atoms with Gasteiger partial charge in [-0.05, 0) is 24.6 Å². The molecule has 0 atom stereocenters. The first-order valence-electron chi connectivity index (χ1n) is 9.56. The van der Waals surface area contributed by atoms with Crippen molar-refractivity contribution in [2.75, 3.05) is 20.8 Å². The Hall–Kier alpha value is -2.48. The highest BCUT2D eigenvalue weighted by atomic mass is 17.5. The van der Waals surface area contributed by atoms with Gasteiger partial charge in [-0.3, -0.25) is 4.89 Å². The molecule has 0 amide bonds. The first kappa shape index (κ1) is 23.6. The monoisotopic (exact) mass is 398 g/mol. The molecular weight excluding hydrogens is 368 g/mol. The number of methoxy groups -OCH3 is 2. The third-order valence-electron chi connectivity index (χ3n) is 4.05. The average Bonchev–Trinajstić information content (AvgIpc) is 2.71. The highest BCUT2D eigenvalue weighted by Gasteiger charge is 2.15. The van der Waals surface area contributed by atoms with E-state index >= 15 is 0 Å². The van der Waals surface area contributed by atoms with E-state index < -0.39 is 12.1 Å². The van der Waals surface area contributed by atoms with Gasteiger partial charge >= 0.3 is 12.1 Å². The summed E-state index contributed by atoms with van der Waals surface area (Å²) in [6, 6.07) is 4.40. The van der Waals surface area contributed by atoms with Crippen LogP contribution in [0.3, 0.4) is 0 Å². The number of benzene rings is 1. The van der Waals surface area contributed by atoms with Gasteiger partial charge in [0.15, 0.2) is 11.5 Å². The van der Waals surface area contributed by atoms with Crippen molar-refractivity contribution in [2.45, 2.75) is 58.3 Å². The summed E-state index contributed by atoms with van der Waals surface area (Å²) in [6.45, 7) is 2.41. The van der Waals surface area contributed by atoms with Gasteiger partial charge in [0.05, 0.1) is 31.4 Å².